The van der Waals surface area contributed by atoms with Gasteiger partial charge in [0.2, 0.25) is 5.89 Å². The minimum atomic E-state index is -0.0764. The SMILES string of the molecule is COCC1(c2noc(CCc3cnn(-c4ccccc4)c3)n2)CCCCC1. The number of methoxy groups -OCH3 is 1. The molecular formula is C21H26N4O2. The predicted molar refractivity (Wildman–Crippen MR) is 102 cm³/mol. The topological polar surface area (TPSA) is 66.0 Å². The van der Waals surface area contributed by atoms with Gasteiger partial charge in [-0.3, -0.25) is 0 Å². The second kappa shape index (κ2) is 8.05. The molecule has 0 atom stereocenters. The van der Waals surface area contributed by atoms with Crippen molar-refractivity contribution < 1.29 is 9.26 Å². The molecule has 0 unspecified atom stereocenters. The van der Waals surface area contributed by atoms with Crippen LogP contribution in [-0.2, 0) is 23.0 Å². The van der Waals surface area contributed by atoms with Crippen LogP contribution in [0.3, 0.4) is 0 Å². The first kappa shape index (κ1) is 17.9. The van der Waals surface area contributed by atoms with Crippen LogP contribution in [-0.4, -0.2) is 33.6 Å². The molecule has 1 aliphatic carbocycles. The summed E-state index contributed by atoms with van der Waals surface area (Å²) in [5.74, 6) is 1.51. The maximum absolute atomic E-state index is 5.56. The molecule has 0 radical (unpaired) electrons. The smallest absolute Gasteiger partial charge is 0.226 e. The third-order valence-corrected chi connectivity index (χ3v) is 5.46. The van der Waals surface area contributed by atoms with Crippen molar-refractivity contribution in [1.29, 1.82) is 0 Å². The van der Waals surface area contributed by atoms with Crippen LogP contribution in [0.25, 0.3) is 5.69 Å². The molecule has 0 N–H and O–H groups in total. The number of aromatic nitrogens is 4. The van der Waals surface area contributed by atoms with E-state index >= 15 is 0 Å². The molecule has 3 aromatic rings. The first-order chi connectivity index (χ1) is 13.3. The van der Waals surface area contributed by atoms with E-state index in [1.165, 1.54) is 19.3 Å². The van der Waals surface area contributed by atoms with Crippen LogP contribution >= 0.6 is 0 Å². The molecule has 0 bridgehead atoms. The number of nitrogens with zero attached hydrogens (tertiary/aromatic N) is 4. The number of aryl methyl sites for hydroxylation is 2. The summed E-state index contributed by atoms with van der Waals surface area (Å²) >= 11 is 0. The summed E-state index contributed by atoms with van der Waals surface area (Å²) in [6.07, 6.45) is 11.3. The first-order valence-corrected chi connectivity index (χ1v) is 9.70. The minimum absolute atomic E-state index is 0.0764. The van der Waals surface area contributed by atoms with Crippen LogP contribution in [0.2, 0.25) is 0 Å². The summed E-state index contributed by atoms with van der Waals surface area (Å²) in [5.41, 5.74) is 2.14. The highest BCUT2D eigenvalue weighted by atomic mass is 16.5. The van der Waals surface area contributed by atoms with E-state index < -0.39 is 0 Å². The van der Waals surface area contributed by atoms with Crippen LogP contribution in [0.5, 0.6) is 0 Å². The van der Waals surface area contributed by atoms with Crippen molar-refractivity contribution in [2.45, 2.75) is 50.4 Å². The Balaban J connectivity index is 1.42. The highest BCUT2D eigenvalue weighted by Crippen LogP contribution is 2.38. The second-order valence-electron chi connectivity index (χ2n) is 7.41. The molecule has 0 saturated heterocycles. The lowest BCUT2D eigenvalue weighted by molar-refractivity contribution is 0.0961. The Kier molecular flexibility index (Phi) is 5.34. The Bertz CT molecular complexity index is 844. The van der Waals surface area contributed by atoms with Crippen molar-refractivity contribution in [1.82, 2.24) is 19.9 Å². The van der Waals surface area contributed by atoms with Gasteiger partial charge < -0.3 is 9.26 Å². The highest BCUT2D eigenvalue weighted by molar-refractivity contribution is 5.31. The summed E-state index contributed by atoms with van der Waals surface area (Å²) in [7, 11) is 1.75. The van der Waals surface area contributed by atoms with E-state index in [9.17, 15) is 0 Å². The molecule has 0 aliphatic heterocycles. The molecular weight excluding hydrogens is 340 g/mol. The van der Waals surface area contributed by atoms with E-state index in [0.717, 1.165) is 42.8 Å². The molecule has 27 heavy (non-hydrogen) atoms. The molecule has 2 heterocycles. The highest BCUT2D eigenvalue weighted by Gasteiger charge is 2.38. The molecule has 0 spiro atoms. The fraction of sp³-hybridized carbons (Fsp3) is 0.476. The largest absolute Gasteiger partial charge is 0.384 e. The van der Waals surface area contributed by atoms with E-state index in [4.69, 9.17) is 14.2 Å². The van der Waals surface area contributed by atoms with Crippen LogP contribution < -0.4 is 0 Å². The van der Waals surface area contributed by atoms with Crippen LogP contribution in [0, 0.1) is 0 Å². The van der Waals surface area contributed by atoms with Gasteiger partial charge in [-0.1, -0.05) is 42.6 Å². The Morgan fingerprint density at radius 1 is 1.11 bits per heavy atom. The number of rotatable bonds is 7. The fourth-order valence-corrected chi connectivity index (χ4v) is 3.97. The van der Waals surface area contributed by atoms with Gasteiger partial charge in [-0.2, -0.15) is 10.1 Å². The lowest BCUT2D eigenvalue weighted by Gasteiger charge is -2.33. The minimum Gasteiger partial charge on any atom is -0.384 e. The Morgan fingerprint density at radius 3 is 2.70 bits per heavy atom. The van der Waals surface area contributed by atoms with Gasteiger partial charge in [0.15, 0.2) is 5.82 Å². The van der Waals surface area contributed by atoms with E-state index in [1.54, 1.807) is 7.11 Å². The van der Waals surface area contributed by atoms with Gasteiger partial charge in [0.25, 0.3) is 0 Å². The molecule has 6 heteroatoms. The molecule has 1 aliphatic rings. The second-order valence-corrected chi connectivity index (χ2v) is 7.41. The summed E-state index contributed by atoms with van der Waals surface area (Å²) in [6.45, 7) is 0.663. The zero-order chi connectivity index (χ0) is 18.5. The van der Waals surface area contributed by atoms with E-state index in [1.807, 2.05) is 41.2 Å². The van der Waals surface area contributed by atoms with Crippen molar-refractivity contribution in [2.24, 2.45) is 0 Å². The third-order valence-electron chi connectivity index (χ3n) is 5.46. The molecule has 4 rings (SSSR count). The predicted octanol–water partition coefficient (Wildman–Crippen LogP) is 3.89. The van der Waals surface area contributed by atoms with Crippen molar-refractivity contribution >= 4 is 0 Å². The summed E-state index contributed by atoms with van der Waals surface area (Å²) in [4.78, 5) is 4.72. The number of para-hydroxylation sites is 1. The number of ether oxygens (including phenoxy) is 1. The Labute approximate surface area is 159 Å². The quantitative estimate of drug-likeness (QED) is 0.635. The monoisotopic (exact) mass is 366 g/mol. The average molecular weight is 366 g/mol. The van der Waals surface area contributed by atoms with Crippen molar-refractivity contribution in [3.8, 4) is 5.69 Å². The standard InChI is InChI=1S/C21H26N4O2/c1-26-16-21(12-6-3-7-13-21)20-23-19(27-24-20)11-10-17-14-22-25(15-17)18-8-4-2-5-9-18/h2,4-5,8-9,14-15H,3,6-7,10-13,16H2,1H3. The zero-order valence-electron chi connectivity index (χ0n) is 15.8. The Morgan fingerprint density at radius 2 is 1.93 bits per heavy atom. The molecule has 6 nitrogen and oxygen atoms in total. The van der Waals surface area contributed by atoms with Gasteiger partial charge in [0, 0.05) is 19.7 Å². The van der Waals surface area contributed by atoms with E-state index in [0.29, 0.717) is 12.5 Å². The third kappa shape index (κ3) is 3.95. The molecule has 2 aromatic heterocycles. The number of benzene rings is 1. The van der Waals surface area contributed by atoms with Gasteiger partial charge >= 0.3 is 0 Å². The van der Waals surface area contributed by atoms with Gasteiger partial charge in [-0.25, -0.2) is 4.68 Å². The maximum Gasteiger partial charge on any atom is 0.226 e. The summed E-state index contributed by atoms with van der Waals surface area (Å²) in [5, 5.41) is 8.76. The zero-order valence-corrected chi connectivity index (χ0v) is 15.8. The molecule has 1 aromatic carbocycles. The lowest BCUT2D eigenvalue weighted by atomic mass is 9.74. The lowest BCUT2D eigenvalue weighted by Crippen LogP contribution is -2.35. The van der Waals surface area contributed by atoms with Gasteiger partial charge in [-0.05, 0) is 37.0 Å². The fourth-order valence-electron chi connectivity index (χ4n) is 3.97. The summed E-state index contributed by atoms with van der Waals surface area (Å²) in [6, 6.07) is 10.1. The average Bonchev–Trinajstić information content (AvgIpc) is 3.38. The van der Waals surface area contributed by atoms with Gasteiger partial charge in [0.1, 0.15) is 0 Å². The maximum atomic E-state index is 5.56. The van der Waals surface area contributed by atoms with Crippen molar-refractivity contribution in [3.63, 3.8) is 0 Å². The van der Waals surface area contributed by atoms with E-state index in [2.05, 4.69) is 16.5 Å². The molecule has 1 fully saturated rings. The number of hydrogen-bond acceptors (Lipinski definition) is 5. The van der Waals surface area contributed by atoms with Gasteiger partial charge in [0.05, 0.1) is 23.9 Å². The van der Waals surface area contributed by atoms with Crippen LogP contribution in [0.15, 0.2) is 47.2 Å². The molecule has 1 saturated carbocycles. The molecule has 142 valence electrons. The number of hydrogen-bond donors (Lipinski definition) is 0. The van der Waals surface area contributed by atoms with Crippen molar-refractivity contribution in [3.05, 3.63) is 60.0 Å². The van der Waals surface area contributed by atoms with Crippen molar-refractivity contribution in [2.75, 3.05) is 13.7 Å². The van der Waals surface area contributed by atoms with E-state index in [-0.39, 0.29) is 5.41 Å². The van der Waals surface area contributed by atoms with Crippen LogP contribution in [0.1, 0.15) is 49.4 Å². The normalized spacial score (nSPS) is 16.5. The molecule has 0 amide bonds. The Hall–Kier alpha value is -2.47. The first-order valence-electron chi connectivity index (χ1n) is 9.70. The summed E-state index contributed by atoms with van der Waals surface area (Å²) < 4.78 is 12.9. The van der Waals surface area contributed by atoms with Crippen LogP contribution in [0.4, 0.5) is 0 Å². The van der Waals surface area contributed by atoms with Gasteiger partial charge in [-0.15, -0.1) is 0 Å².